The van der Waals surface area contributed by atoms with Crippen LogP contribution < -0.4 is 0 Å². The SMILES string of the molecule is CC(C)(C)CC1CCC1.CC(C)(C)CCC(C)(C)C.CC(C)(C)CCC1CC1.CC(C)CCC(C)(C)C.CCCCC(C)(C)C. The van der Waals surface area contributed by atoms with Crippen LogP contribution in [0.4, 0.5) is 0 Å². The summed E-state index contributed by atoms with van der Waals surface area (Å²) in [5.41, 5.74) is 3.24. The average molecular weight is 637 g/mol. The number of unbranched alkanes of at least 4 members (excludes halogenated alkanes) is 1. The van der Waals surface area contributed by atoms with E-state index in [4.69, 9.17) is 0 Å². The van der Waals surface area contributed by atoms with Crippen molar-refractivity contribution in [3.63, 3.8) is 0 Å². The van der Waals surface area contributed by atoms with Crippen molar-refractivity contribution >= 4 is 0 Å². The minimum Gasteiger partial charge on any atom is -0.0654 e. The molecule has 276 valence electrons. The molecule has 0 aromatic carbocycles. The molecule has 45 heavy (non-hydrogen) atoms. The lowest BCUT2D eigenvalue weighted by Gasteiger charge is -2.31. The summed E-state index contributed by atoms with van der Waals surface area (Å²) in [6.07, 6.45) is 21.3. The van der Waals surface area contributed by atoms with Crippen LogP contribution in [0.5, 0.6) is 0 Å². The highest BCUT2D eigenvalue weighted by atomic mass is 14.3. The first-order valence-electron chi connectivity index (χ1n) is 19.8. The maximum absolute atomic E-state index is 2.34. The van der Waals surface area contributed by atoms with Crippen molar-refractivity contribution in [1.29, 1.82) is 0 Å². The lowest BCUT2D eigenvalue weighted by Crippen LogP contribution is -2.18. The van der Waals surface area contributed by atoms with Crippen LogP contribution in [0, 0.1) is 50.2 Å². The van der Waals surface area contributed by atoms with Crippen molar-refractivity contribution in [1.82, 2.24) is 0 Å². The molecule has 0 aromatic rings. The molecule has 2 saturated carbocycles. The number of hydrogen-bond donors (Lipinski definition) is 0. The Balaban J connectivity index is -0.000000491. The van der Waals surface area contributed by atoms with Gasteiger partial charge in [0.15, 0.2) is 0 Å². The topological polar surface area (TPSA) is 0 Å². The second-order valence-corrected chi connectivity index (χ2v) is 22.9. The molecule has 0 heterocycles. The zero-order valence-electron chi connectivity index (χ0n) is 36.3. The van der Waals surface area contributed by atoms with Crippen molar-refractivity contribution in [3.05, 3.63) is 0 Å². The lowest BCUT2D eigenvalue weighted by atomic mass is 9.74. The van der Waals surface area contributed by atoms with E-state index < -0.39 is 0 Å². The standard InChI is InChI=1S/C10H22.2C9H18.C9H20.C8H18/c1-9(2,3)7-8-10(4,5)6;1-9(2,3)7-6-8-4-5-8;1-9(2,3)7-8-5-4-6-8;1-8(2)6-7-9(3,4)5;1-5-6-7-8(2,3)4/h7-8H2,1-6H3;2*8H,4-7H2,1-3H3;8H,6-7H2,1-5H3;5-7H2,1-4H3. The van der Waals surface area contributed by atoms with E-state index in [1.165, 1.54) is 96.3 Å². The van der Waals surface area contributed by atoms with Gasteiger partial charge in [-0.15, -0.1) is 0 Å². The molecule has 0 bridgehead atoms. The van der Waals surface area contributed by atoms with Gasteiger partial charge in [-0.3, -0.25) is 0 Å². The Morgan fingerprint density at radius 1 is 0.444 bits per heavy atom. The number of rotatable bonds is 8. The summed E-state index contributed by atoms with van der Waals surface area (Å²) in [7, 11) is 0. The Morgan fingerprint density at radius 2 is 0.822 bits per heavy atom. The first kappa shape index (κ1) is 49.4. The molecule has 0 radical (unpaired) electrons. The van der Waals surface area contributed by atoms with Gasteiger partial charge in [-0.05, 0) is 95.2 Å². The zero-order valence-corrected chi connectivity index (χ0v) is 36.3. The molecule has 0 aromatic heterocycles. The average Bonchev–Trinajstić information content (AvgIpc) is 3.60. The monoisotopic (exact) mass is 637 g/mol. The van der Waals surface area contributed by atoms with Crippen molar-refractivity contribution in [2.24, 2.45) is 50.2 Å². The Hall–Kier alpha value is 0. The van der Waals surface area contributed by atoms with E-state index in [0.29, 0.717) is 32.5 Å². The minimum absolute atomic E-state index is 0.507. The van der Waals surface area contributed by atoms with Crippen LogP contribution in [0.2, 0.25) is 0 Å². The highest BCUT2D eigenvalue weighted by Gasteiger charge is 2.24. The van der Waals surface area contributed by atoms with Gasteiger partial charge in [0.25, 0.3) is 0 Å². The largest absolute Gasteiger partial charge is 0.0654 e. The van der Waals surface area contributed by atoms with Crippen LogP contribution in [0.3, 0.4) is 0 Å². The van der Waals surface area contributed by atoms with E-state index in [-0.39, 0.29) is 0 Å². The summed E-state index contributed by atoms with van der Waals surface area (Å²) < 4.78 is 0. The van der Waals surface area contributed by atoms with Gasteiger partial charge < -0.3 is 0 Å². The molecule has 0 nitrogen and oxygen atoms in total. The van der Waals surface area contributed by atoms with Crippen molar-refractivity contribution in [2.45, 2.75) is 242 Å². The third-order valence-electron chi connectivity index (χ3n) is 8.50. The van der Waals surface area contributed by atoms with Gasteiger partial charge in [0.05, 0.1) is 0 Å². The first-order valence-corrected chi connectivity index (χ1v) is 19.8. The van der Waals surface area contributed by atoms with Crippen LogP contribution in [-0.4, -0.2) is 0 Å². The van der Waals surface area contributed by atoms with E-state index >= 15 is 0 Å². The van der Waals surface area contributed by atoms with E-state index in [0.717, 1.165) is 17.8 Å². The summed E-state index contributed by atoms with van der Waals surface area (Å²) in [5.74, 6) is 3.05. The highest BCUT2D eigenvalue weighted by molar-refractivity contribution is 4.76. The molecule has 0 heteroatoms. The van der Waals surface area contributed by atoms with E-state index in [1.54, 1.807) is 0 Å². The summed E-state index contributed by atoms with van der Waals surface area (Å²) in [6.45, 7) is 48.4. The lowest BCUT2D eigenvalue weighted by molar-refractivity contribution is 0.207. The van der Waals surface area contributed by atoms with E-state index in [1.807, 2.05) is 0 Å². The molecule has 2 aliphatic carbocycles. The third kappa shape index (κ3) is 53.8. The minimum atomic E-state index is 0.507. The fourth-order valence-electron chi connectivity index (χ4n) is 4.79. The van der Waals surface area contributed by atoms with Crippen molar-refractivity contribution < 1.29 is 0 Å². The molecular weight excluding hydrogens is 540 g/mol. The maximum Gasteiger partial charge on any atom is -0.0380 e. The molecule has 2 fully saturated rings. The second kappa shape index (κ2) is 22.6. The summed E-state index contributed by atoms with van der Waals surface area (Å²) in [5, 5.41) is 0. The fourth-order valence-corrected chi connectivity index (χ4v) is 4.79. The van der Waals surface area contributed by atoms with Crippen LogP contribution >= 0.6 is 0 Å². The molecule has 0 unspecified atom stereocenters. The van der Waals surface area contributed by atoms with Crippen molar-refractivity contribution in [2.75, 3.05) is 0 Å². The van der Waals surface area contributed by atoms with Gasteiger partial charge in [0.2, 0.25) is 0 Å². The molecule has 0 aliphatic heterocycles. The molecule has 2 rings (SSSR count). The fraction of sp³-hybridized carbons (Fsp3) is 1.00. The van der Waals surface area contributed by atoms with Gasteiger partial charge in [0.1, 0.15) is 0 Å². The molecule has 2 aliphatic rings. The molecular formula is C45H96. The number of hydrogen-bond acceptors (Lipinski definition) is 0. The van der Waals surface area contributed by atoms with Gasteiger partial charge in [-0.1, -0.05) is 197 Å². The van der Waals surface area contributed by atoms with E-state index in [2.05, 4.69) is 145 Å². The summed E-state index contributed by atoms with van der Waals surface area (Å²) >= 11 is 0. The van der Waals surface area contributed by atoms with Crippen LogP contribution in [0.15, 0.2) is 0 Å². The molecule has 0 spiro atoms. The van der Waals surface area contributed by atoms with Crippen LogP contribution in [0.25, 0.3) is 0 Å². The summed E-state index contributed by atoms with van der Waals surface area (Å²) in [4.78, 5) is 0. The van der Waals surface area contributed by atoms with E-state index in [9.17, 15) is 0 Å². The predicted molar refractivity (Wildman–Crippen MR) is 213 cm³/mol. The molecule has 0 N–H and O–H groups in total. The third-order valence-corrected chi connectivity index (χ3v) is 8.50. The predicted octanol–water partition coefficient (Wildman–Crippen LogP) is 17.0. The van der Waals surface area contributed by atoms with Crippen LogP contribution in [0.1, 0.15) is 242 Å². The normalized spacial score (nSPS) is 16.1. The Morgan fingerprint density at radius 3 is 0.978 bits per heavy atom. The Bertz CT molecular complexity index is 612. The summed E-state index contributed by atoms with van der Waals surface area (Å²) in [6, 6.07) is 0. The Labute approximate surface area is 291 Å². The van der Waals surface area contributed by atoms with Crippen molar-refractivity contribution in [3.8, 4) is 0 Å². The van der Waals surface area contributed by atoms with Gasteiger partial charge in [0, 0.05) is 0 Å². The highest BCUT2D eigenvalue weighted by Crippen LogP contribution is 2.37. The van der Waals surface area contributed by atoms with Gasteiger partial charge >= 0.3 is 0 Å². The molecule has 0 amide bonds. The molecule has 0 atom stereocenters. The molecule has 0 saturated heterocycles. The maximum atomic E-state index is 2.34. The van der Waals surface area contributed by atoms with Gasteiger partial charge in [-0.25, -0.2) is 0 Å². The first-order chi connectivity index (χ1) is 19.8. The van der Waals surface area contributed by atoms with Gasteiger partial charge in [-0.2, -0.15) is 0 Å². The van der Waals surface area contributed by atoms with Crippen LogP contribution in [-0.2, 0) is 0 Å². The smallest absolute Gasteiger partial charge is 0.0380 e. The Kier molecular flexibility index (Phi) is 24.8. The quantitative estimate of drug-likeness (QED) is 0.249. The zero-order chi connectivity index (χ0) is 36.3. The second-order valence-electron chi connectivity index (χ2n) is 22.9.